The van der Waals surface area contributed by atoms with Crippen LogP contribution in [-0.4, -0.2) is 33.7 Å². The number of aromatic nitrogens is 1. The number of pyridine rings is 1. The first-order chi connectivity index (χ1) is 9.00. The molecule has 0 aromatic carbocycles. The maximum atomic E-state index is 12.0. The summed E-state index contributed by atoms with van der Waals surface area (Å²) < 4.78 is 10.9. The van der Waals surface area contributed by atoms with Gasteiger partial charge in [0.05, 0.1) is 5.69 Å². The lowest BCUT2D eigenvalue weighted by Crippen LogP contribution is -2.27. The van der Waals surface area contributed by atoms with E-state index in [4.69, 9.17) is 5.73 Å². The van der Waals surface area contributed by atoms with E-state index in [1.807, 2.05) is 13.0 Å². The molecule has 0 saturated heterocycles. The van der Waals surface area contributed by atoms with Crippen LogP contribution in [0.3, 0.4) is 0 Å². The fourth-order valence-corrected chi connectivity index (χ4v) is 3.21. The molecule has 2 aromatic rings. The van der Waals surface area contributed by atoms with Crippen molar-refractivity contribution in [3.05, 3.63) is 22.7 Å². The number of rotatable bonds is 4. The van der Waals surface area contributed by atoms with Crippen LogP contribution >= 0.6 is 11.3 Å². The van der Waals surface area contributed by atoms with E-state index in [-0.39, 0.29) is 5.91 Å². The van der Waals surface area contributed by atoms with E-state index in [0.29, 0.717) is 22.9 Å². The van der Waals surface area contributed by atoms with Crippen molar-refractivity contribution in [1.29, 1.82) is 0 Å². The summed E-state index contributed by atoms with van der Waals surface area (Å²) >= 11 is 1.28. The van der Waals surface area contributed by atoms with Crippen LogP contribution in [0.25, 0.3) is 10.2 Å². The second-order valence-electron chi connectivity index (χ2n) is 4.19. The summed E-state index contributed by atoms with van der Waals surface area (Å²) in [6, 6.07) is 1.87. The Hall–Kier alpha value is -1.47. The normalized spacial score (nSPS) is 12.5. The first-order valence-corrected chi connectivity index (χ1v) is 8.27. The molecular formula is C12H15N3O2S2. The summed E-state index contributed by atoms with van der Waals surface area (Å²) in [5, 5.41) is 3.57. The largest absolute Gasteiger partial charge is 0.397 e. The van der Waals surface area contributed by atoms with Gasteiger partial charge in [0, 0.05) is 40.9 Å². The first-order valence-electron chi connectivity index (χ1n) is 5.72. The lowest BCUT2D eigenvalue weighted by Gasteiger charge is -2.02. The number of hydrogen-bond donors (Lipinski definition) is 2. The van der Waals surface area contributed by atoms with Gasteiger partial charge in [0.2, 0.25) is 0 Å². The predicted octanol–water partition coefficient (Wildman–Crippen LogP) is 1.30. The minimum Gasteiger partial charge on any atom is -0.397 e. The number of fused-ring (bicyclic) bond motifs is 1. The van der Waals surface area contributed by atoms with E-state index < -0.39 is 10.8 Å². The molecule has 0 aliphatic heterocycles. The van der Waals surface area contributed by atoms with Crippen LogP contribution in [-0.2, 0) is 10.8 Å². The number of nitrogens with two attached hydrogens (primary N) is 1. The Kier molecular flexibility index (Phi) is 4.16. The highest BCUT2D eigenvalue weighted by atomic mass is 32.2. The zero-order chi connectivity index (χ0) is 14.0. The van der Waals surface area contributed by atoms with E-state index in [2.05, 4.69) is 10.3 Å². The van der Waals surface area contributed by atoms with Gasteiger partial charge in [0.25, 0.3) is 5.91 Å². The third kappa shape index (κ3) is 2.93. The second-order valence-corrected chi connectivity index (χ2v) is 6.74. The zero-order valence-electron chi connectivity index (χ0n) is 10.7. The highest BCUT2D eigenvalue weighted by molar-refractivity contribution is 7.84. The minimum absolute atomic E-state index is 0.231. The van der Waals surface area contributed by atoms with Crippen molar-refractivity contribution in [1.82, 2.24) is 10.3 Å². The highest BCUT2D eigenvalue weighted by Crippen LogP contribution is 2.33. The van der Waals surface area contributed by atoms with E-state index in [9.17, 15) is 9.00 Å². The molecule has 0 bridgehead atoms. The van der Waals surface area contributed by atoms with E-state index in [0.717, 1.165) is 15.8 Å². The Morgan fingerprint density at radius 1 is 1.58 bits per heavy atom. The summed E-state index contributed by atoms with van der Waals surface area (Å²) in [5.41, 5.74) is 7.50. The fourth-order valence-electron chi connectivity index (χ4n) is 1.76. The first kappa shape index (κ1) is 14.0. The molecule has 7 heteroatoms. The number of carbonyl (C=O) groups excluding carboxylic acids is 1. The smallest absolute Gasteiger partial charge is 0.263 e. The average Bonchev–Trinajstić information content (AvgIpc) is 2.67. The van der Waals surface area contributed by atoms with Gasteiger partial charge in [-0.25, -0.2) is 4.98 Å². The van der Waals surface area contributed by atoms with Gasteiger partial charge in [-0.1, -0.05) is 0 Å². The molecule has 0 aliphatic rings. The molecule has 0 radical (unpaired) electrons. The maximum Gasteiger partial charge on any atom is 0.263 e. The molecule has 2 rings (SSSR count). The molecule has 2 heterocycles. The summed E-state index contributed by atoms with van der Waals surface area (Å²) in [6.07, 6.45) is 3.31. The number of nitrogens with zero attached hydrogens (tertiary/aromatic N) is 1. The van der Waals surface area contributed by atoms with Crippen molar-refractivity contribution in [2.75, 3.05) is 24.3 Å². The van der Waals surface area contributed by atoms with Gasteiger partial charge in [-0.3, -0.25) is 9.00 Å². The Morgan fingerprint density at radius 2 is 2.32 bits per heavy atom. The number of thiophene rings is 1. The number of nitrogen functional groups attached to an aromatic ring is 1. The van der Waals surface area contributed by atoms with E-state index in [1.54, 1.807) is 12.5 Å². The van der Waals surface area contributed by atoms with Crippen molar-refractivity contribution < 1.29 is 9.00 Å². The number of amides is 1. The predicted molar refractivity (Wildman–Crippen MR) is 80.0 cm³/mol. The van der Waals surface area contributed by atoms with Gasteiger partial charge in [-0.2, -0.15) is 0 Å². The number of aryl methyl sites for hydroxylation is 1. The third-order valence-electron chi connectivity index (χ3n) is 2.72. The number of anilines is 1. The molecule has 3 N–H and O–H groups in total. The molecule has 1 unspecified atom stereocenters. The standard InChI is InChI=1S/C12H15N3O2S2/c1-7-3-4-15-12-8(7)9(13)10(18-12)11(16)14-5-6-19(2)17/h3-4H,5-6,13H2,1-2H3,(H,14,16). The molecule has 2 aromatic heterocycles. The van der Waals surface area contributed by atoms with Crippen molar-refractivity contribution in [3.63, 3.8) is 0 Å². The van der Waals surface area contributed by atoms with Gasteiger partial charge in [-0.15, -0.1) is 11.3 Å². The van der Waals surface area contributed by atoms with Crippen LogP contribution < -0.4 is 11.1 Å². The Balaban J connectivity index is 2.25. The monoisotopic (exact) mass is 297 g/mol. The SMILES string of the molecule is Cc1ccnc2sc(C(=O)NCCS(C)=O)c(N)c12. The number of carbonyl (C=O) groups is 1. The van der Waals surface area contributed by atoms with Gasteiger partial charge in [0.15, 0.2) is 0 Å². The molecule has 5 nitrogen and oxygen atoms in total. The summed E-state index contributed by atoms with van der Waals surface area (Å²) in [5.74, 6) is 0.207. The van der Waals surface area contributed by atoms with Crippen LogP contribution in [0.4, 0.5) is 5.69 Å². The summed E-state index contributed by atoms with van der Waals surface area (Å²) in [6.45, 7) is 2.32. The fraction of sp³-hybridized carbons (Fsp3) is 0.333. The second kappa shape index (κ2) is 5.66. The van der Waals surface area contributed by atoms with Crippen LogP contribution in [0.1, 0.15) is 15.2 Å². The van der Waals surface area contributed by atoms with Gasteiger partial charge in [0.1, 0.15) is 9.71 Å². The minimum atomic E-state index is -0.917. The van der Waals surface area contributed by atoms with Gasteiger partial charge in [-0.05, 0) is 18.6 Å². The van der Waals surface area contributed by atoms with Crippen LogP contribution in [0.2, 0.25) is 0 Å². The maximum absolute atomic E-state index is 12.0. The molecule has 0 fully saturated rings. The molecule has 0 aliphatic carbocycles. The summed E-state index contributed by atoms with van der Waals surface area (Å²) in [4.78, 5) is 17.5. The molecule has 0 spiro atoms. The Labute approximate surface area is 117 Å². The van der Waals surface area contributed by atoms with Crippen molar-refractivity contribution >= 4 is 43.9 Å². The molecular weight excluding hydrogens is 282 g/mol. The van der Waals surface area contributed by atoms with E-state index >= 15 is 0 Å². The van der Waals surface area contributed by atoms with Crippen LogP contribution in [0, 0.1) is 6.92 Å². The van der Waals surface area contributed by atoms with Crippen molar-refractivity contribution in [3.8, 4) is 0 Å². The van der Waals surface area contributed by atoms with Crippen molar-refractivity contribution in [2.24, 2.45) is 0 Å². The highest BCUT2D eigenvalue weighted by Gasteiger charge is 2.17. The summed E-state index contributed by atoms with van der Waals surface area (Å²) in [7, 11) is -0.917. The zero-order valence-corrected chi connectivity index (χ0v) is 12.4. The van der Waals surface area contributed by atoms with Crippen LogP contribution in [0.15, 0.2) is 12.3 Å². The molecule has 1 atom stereocenters. The lowest BCUT2D eigenvalue weighted by molar-refractivity contribution is 0.0961. The average molecular weight is 297 g/mol. The van der Waals surface area contributed by atoms with Crippen LogP contribution in [0.5, 0.6) is 0 Å². The quantitative estimate of drug-likeness (QED) is 0.890. The van der Waals surface area contributed by atoms with E-state index in [1.165, 1.54) is 11.3 Å². The molecule has 19 heavy (non-hydrogen) atoms. The topological polar surface area (TPSA) is 85.1 Å². The molecule has 1 amide bonds. The lowest BCUT2D eigenvalue weighted by atomic mass is 10.2. The van der Waals surface area contributed by atoms with Gasteiger partial charge < -0.3 is 11.1 Å². The number of hydrogen-bond acceptors (Lipinski definition) is 5. The Bertz CT molecular complexity index is 652. The number of nitrogens with one attached hydrogen (secondary N) is 1. The third-order valence-corrected chi connectivity index (χ3v) is 4.61. The Morgan fingerprint density at radius 3 is 2.95 bits per heavy atom. The van der Waals surface area contributed by atoms with Crippen molar-refractivity contribution in [2.45, 2.75) is 6.92 Å². The molecule has 102 valence electrons. The molecule has 0 saturated carbocycles. The van der Waals surface area contributed by atoms with Gasteiger partial charge >= 0.3 is 0 Å².